The van der Waals surface area contributed by atoms with Crippen LogP contribution in [0, 0.1) is 0 Å². The molecule has 2 unspecified atom stereocenters. The van der Waals surface area contributed by atoms with Gasteiger partial charge in [-0.1, -0.05) is 0 Å². The average Bonchev–Trinajstić information content (AvgIpc) is 2.46. The quantitative estimate of drug-likeness (QED) is 0.629. The first-order valence-electron chi connectivity index (χ1n) is 4.70. The Morgan fingerprint density at radius 1 is 1.33 bits per heavy atom. The summed E-state index contributed by atoms with van der Waals surface area (Å²) in [6.07, 6.45) is 4.75. The van der Waals surface area contributed by atoms with Gasteiger partial charge in [0.25, 0.3) is 0 Å². The predicted octanol–water partition coefficient (Wildman–Crippen LogP) is 0.919. The summed E-state index contributed by atoms with van der Waals surface area (Å²) in [7, 11) is 1.71. The molecular weight excluding hydrogens is 154 g/mol. The lowest BCUT2D eigenvalue weighted by Gasteiger charge is -2.15. The summed E-state index contributed by atoms with van der Waals surface area (Å²) in [5.41, 5.74) is 5.84. The zero-order chi connectivity index (χ0) is 8.81. The van der Waals surface area contributed by atoms with Crippen molar-refractivity contribution >= 4 is 0 Å². The van der Waals surface area contributed by atoms with Crippen molar-refractivity contribution in [2.45, 2.75) is 37.8 Å². The highest BCUT2D eigenvalue weighted by atomic mass is 16.5. The Balaban J connectivity index is 1.98. The highest BCUT2D eigenvalue weighted by Gasteiger charge is 2.23. The first kappa shape index (κ1) is 9.96. The molecule has 12 heavy (non-hydrogen) atoms. The smallest absolute Gasteiger partial charge is 0.0725 e. The molecule has 1 fully saturated rings. The Labute approximate surface area is 74.2 Å². The molecule has 1 aliphatic carbocycles. The molecule has 3 nitrogen and oxygen atoms in total. The van der Waals surface area contributed by atoms with E-state index in [0.717, 1.165) is 32.5 Å². The Morgan fingerprint density at radius 2 is 2.17 bits per heavy atom. The first-order valence-corrected chi connectivity index (χ1v) is 4.70. The van der Waals surface area contributed by atoms with Crippen molar-refractivity contribution < 1.29 is 9.47 Å². The summed E-state index contributed by atoms with van der Waals surface area (Å²) in [5, 5.41) is 0. The van der Waals surface area contributed by atoms with Crippen molar-refractivity contribution in [3.8, 4) is 0 Å². The van der Waals surface area contributed by atoms with Crippen molar-refractivity contribution in [3.63, 3.8) is 0 Å². The van der Waals surface area contributed by atoms with Crippen LogP contribution in [0.2, 0.25) is 0 Å². The van der Waals surface area contributed by atoms with Gasteiger partial charge < -0.3 is 15.2 Å². The lowest BCUT2D eigenvalue weighted by atomic mass is 10.2. The highest BCUT2D eigenvalue weighted by molar-refractivity contribution is 4.80. The lowest BCUT2D eigenvalue weighted by Crippen LogP contribution is -2.31. The largest absolute Gasteiger partial charge is 0.385 e. The van der Waals surface area contributed by atoms with Crippen LogP contribution in [0.4, 0.5) is 0 Å². The molecule has 0 amide bonds. The standard InChI is InChI=1S/C9H19NO2/c1-11-6-3-7-12-9-5-2-4-8(9)10/h8-9H,2-7,10H2,1H3. The van der Waals surface area contributed by atoms with E-state index in [1.54, 1.807) is 7.11 Å². The first-order chi connectivity index (χ1) is 5.84. The number of rotatable bonds is 5. The van der Waals surface area contributed by atoms with E-state index in [1.807, 2.05) is 0 Å². The highest BCUT2D eigenvalue weighted by Crippen LogP contribution is 2.20. The van der Waals surface area contributed by atoms with Gasteiger partial charge in [0.2, 0.25) is 0 Å². The second-order valence-electron chi connectivity index (χ2n) is 3.35. The number of methoxy groups -OCH3 is 1. The Bertz CT molecular complexity index is 119. The molecule has 2 N–H and O–H groups in total. The van der Waals surface area contributed by atoms with Crippen molar-refractivity contribution in [3.05, 3.63) is 0 Å². The van der Waals surface area contributed by atoms with E-state index in [0.29, 0.717) is 6.10 Å². The van der Waals surface area contributed by atoms with E-state index in [4.69, 9.17) is 15.2 Å². The van der Waals surface area contributed by atoms with Crippen LogP contribution in [0.5, 0.6) is 0 Å². The maximum absolute atomic E-state index is 5.84. The molecule has 3 heteroatoms. The van der Waals surface area contributed by atoms with Gasteiger partial charge in [0.15, 0.2) is 0 Å². The molecule has 1 aliphatic rings. The van der Waals surface area contributed by atoms with Crippen LogP contribution < -0.4 is 5.73 Å². The minimum atomic E-state index is 0.271. The Hall–Kier alpha value is -0.120. The number of hydrogen-bond acceptors (Lipinski definition) is 3. The summed E-state index contributed by atoms with van der Waals surface area (Å²) in [6, 6.07) is 0.271. The van der Waals surface area contributed by atoms with Gasteiger partial charge in [-0.2, -0.15) is 0 Å². The lowest BCUT2D eigenvalue weighted by molar-refractivity contribution is 0.0352. The van der Waals surface area contributed by atoms with Gasteiger partial charge in [-0.25, -0.2) is 0 Å². The summed E-state index contributed by atoms with van der Waals surface area (Å²) >= 11 is 0. The normalized spacial score (nSPS) is 29.5. The molecule has 1 saturated carbocycles. The SMILES string of the molecule is COCCCOC1CCCC1N. The Morgan fingerprint density at radius 3 is 2.75 bits per heavy atom. The minimum absolute atomic E-state index is 0.271. The minimum Gasteiger partial charge on any atom is -0.385 e. The van der Waals surface area contributed by atoms with Gasteiger partial charge in [-0.3, -0.25) is 0 Å². The second kappa shape index (κ2) is 5.51. The molecule has 1 rings (SSSR count). The summed E-state index contributed by atoms with van der Waals surface area (Å²) in [6.45, 7) is 1.56. The van der Waals surface area contributed by atoms with Crippen LogP contribution in [-0.2, 0) is 9.47 Å². The number of hydrogen-bond donors (Lipinski definition) is 1. The van der Waals surface area contributed by atoms with Crippen LogP contribution in [-0.4, -0.2) is 32.5 Å². The fourth-order valence-corrected chi connectivity index (χ4v) is 1.60. The van der Waals surface area contributed by atoms with Crippen LogP contribution in [0.1, 0.15) is 25.7 Å². The van der Waals surface area contributed by atoms with E-state index in [9.17, 15) is 0 Å². The fraction of sp³-hybridized carbons (Fsp3) is 1.00. The van der Waals surface area contributed by atoms with E-state index in [1.165, 1.54) is 6.42 Å². The summed E-state index contributed by atoms with van der Waals surface area (Å²) < 4.78 is 10.5. The second-order valence-corrected chi connectivity index (χ2v) is 3.35. The van der Waals surface area contributed by atoms with E-state index in [2.05, 4.69) is 0 Å². The summed E-state index contributed by atoms with van der Waals surface area (Å²) in [4.78, 5) is 0. The number of ether oxygens (including phenoxy) is 2. The van der Waals surface area contributed by atoms with E-state index >= 15 is 0 Å². The molecule has 0 aliphatic heterocycles. The molecule has 0 aromatic carbocycles. The molecule has 2 atom stereocenters. The monoisotopic (exact) mass is 173 g/mol. The third-order valence-corrected chi connectivity index (χ3v) is 2.33. The van der Waals surface area contributed by atoms with Crippen molar-refractivity contribution in [1.82, 2.24) is 0 Å². The Kier molecular flexibility index (Phi) is 4.58. The molecular formula is C9H19NO2. The van der Waals surface area contributed by atoms with Crippen molar-refractivity contribution in [2.24, 2.45) is 5.73 Å². The van der Waals surface area contributed by atoms with Gasteiger partial charge in [0.05, 0.1) is 6.10 Å². The van der Waals surface area contributed by atoms with Crippen LogP contribution in [0.25, 0.3) is 0 Å². The topological polar surface area (TPSA) is 44.5 Å². The maximum Gasteiger partial charge on any atom is 0.0725 e. The average molecular weight is 173 g/mol. The molecule has 0 saturated heterocycles. The molecule has 0 heterocycles. The molecule has 0 spiro atoms. The number of nitrogens with two attached hydrogens (primary N) is 1. The van der Waals surface area contributed by atoms with Gasteiger partial charge in [0, 0.05) is 26.4 Å². The van der Waals surface area contributed by atoms with Crippen LogP contribution in [0.15, 0.2) is 0 Å². The van der Waals surface area contributed by atoms with Crippen LogP contribution >= 0.6 is 0 Å². The van der Waals surface area contributed by atoms with E-state index in [-0.39, 0.29) is 6.04 Å². The third-order valence-electron chi connectivity index (χ3n) is 2.33. The molecule has 72 valence electrons. The van der Waals surface area contributed by atoms with Gasteiger partial charge in [0.1, 0.15) is 0 Å². The fourth-order valence-electron chi connectivity index (χ4n) is 1.60. The van der Waals surface area contributed by atoms with Crippen molar-refractivity contribution in [2.75, 3.05) is 20.3 Å². The zero-order valence-electron chi connectivity index (χ0n) is 7.79. The zero-order valence-corrected chi connectivity index (χ0v) is 7.79. The van der Waals surface area contributed by atoms with Crippen LogP contribution in [0.3, 0.4) is 0 Å². The predicted molar refractivity (Wildman–Crippen MR) is 48.1 cm³/mol. The van der Waals surface area contributed by atoms with Gasteiger partial charge >= 0.3 is 0 Å². The molecule has 0 aromatic rings. The molecule has 0 bridgehead atoms. The van der Waals surface area contributed by atoms with Gasteiger partial charge in [-0.05, 0) is 25.7 Å². The summed E-state index contributed by atoms with van der Waals surface area (Å²) in [5.74, 6) is 0. The molecule has 0 aromatic heterocycles. The maximum atomic E-state index is 5.84. The van der Waals surface area contributed by atoms with Gasteiger partial charge in [-0.15, -0.1) is 0 Å². The van der Waals surface area contributed by atoms with E-state index < -0.39 is 0 Å². The third kappa shape index (κ3) is 3.09. The van der Waals surface area contributed by atoms with Crippen molar-refractivity contribution in [1.29, 1.82) is 0 Å². The molecule has 0 radical (unpaired) electrons.